The molecule has 1 aromatic carbocycles. The average Bonchev–Trinajstić information content (AvgIpc) is 3.07. The smallest absolute Gasteiger partial charge is 0.231 e. The third kappa shape index (κ3) is 2.60. The van der Waals surface area contributed by atoms with Crippen molar-refractivity contribution in [3.63, 3.8) is 0 Å². The van der Waals surface area contributed by atoms with Crippen molar-refractivity contribution in [3.8, 4) is 11.5 Å². The summed E-state index contributed by atoms with van der Waals surface area (Å²) in [7, 11) is 0. The maximum Gasteiger partial charge on any atom is 0.231 e. The summed E-state index contributed by atoms with van der Waals surface area (Å²) >= 11 is 0. The van der Waals surface area contributed by atoms with Crippen LogP contribution in [0, 0.1) is 23.7 Å². The van der Waals surface area contributed by atoms with Crippen LogP contribution in [0.1, 0.15) is 31.2 Å². The highest BCUT2D eigenvalue weighted by Crippen LogP contribution is 2.48. The summed E-state index contributed by atoms with van der Waals surface area (Å²) in [6.07, 6.45) is 3.68. The number of hydrogen-bond donors (Lipinski definition) is 1. The molecule has 3 fully saturated rings. The minimum atomic E-state index is -1.08. The zero-order valence-corrected chi connectivity index (χ0v) is 13.3. The number of aliphatic carboxylic acids is 1. The quantitative estimate of drug-likeness (QED) is 0.884. The Morgan fingerprint density at radius 2 is 1.71 bits per heavy atom. The lowest BCUT2D eigenvalue weighted by Crippen LogP contribution is -2.54. The van der Waals surface area contributed by atoms with E-state index in [-0.39, 0.29) is 24.5 Å². The van der Waals surface area contributed by atoms with Crippen LogP contribution in [0.25, 0.3) is 0 Å². The van der Waals surface area contributed by atoms with E-state index in [9.17, 15) is 14.7 Å². The van der Waals surface area contributed by atoms with Crippen LogP contribution in [0.2, 0.25) is 0 Å². The molecule has 2 bridgehead atoms. The SMILES string of the molecule is O=C([O-])[C@@H]1C2CCC(CC2)[C@@H]1C(=O)NCc1ccc2c(c1)OCO2. The van der Waals surface area contributed by atoms with Crippen molar-refractivity contribution in [1.82, 2.24) is 5.32 Å². The van der Waals surface area contributed by atoms with E-state index in [2.05, 4.69) is 5.32 Å². The molecule has 0 radical (unpaired) electrons. The van der Waals surface area contributed by atoms with Gasteiger partial charge in [-0.2, -0.15) is 0 Å². The topological polar surface area (TPSA) is 87.7 Å². The number of ether oxygens (including phenoxy) is 2. The van der Waals surface area contributed by atoms with Gasteiger partial charge in [0.15, 0.2) is 11.5 Å². The number of benzene rings is 1. The number of carboxylic acid groups (broad SMARTS) is 1. The molecule has 5 rings (SSSR count). The first-order valence-electron chi connectivity index (χ1n) is 8.50. The molecule has 2 atom stereocenters. The summed E-state index contributed by atoms with van der Waals surface area (Å²) in [5.41, 5.74) is 0.901. The molecule has 1 aliphatic heterocycles. The van der Waals surface area contributed by atoms with Crippen molar-refractivity contribution >= 4 is 11.9 Å². The van der Waals surface area contributed by atoms with Crippen LogP contribution in [0.4, 0.5) is 0 Å². The van der Waals surface area contributed by atoms with Gasteiger partial charge in [-0.05, 0) is 55.2 Å². The van der Waals surface area contributed by atoms with Gasteiger partial charge in [-0.25, -0.2) is 0 Å². The Bertz CT molecular complexity index is 665. The normalized spacial score (nSPS) is 30.2. The summed E-state index contributed by atoms with van der Waals surface area (Å²) in [6.45, 7) is 0.562. The molecule has 1 N–H and O–H groups in total. The molecule has 6 heteroatoms. The predicted octanol–water partition coefficient (Wildman–Crippen LogP) is 0.834. The molecular formula is C18H20NO5-. The largest absolute Gasteiger partial charge is 0.550 e. The number of hydrogen-bond acceptors (Lipinski definition) is 5. The summed E-state index contributed by atoms with van der Waals surface area (Å²) in [6, 6.07) is 5.53. The Kier molecular flexibility index (Phi) is 3.82. The number of nitrogens with one attached hydrogen (secondary N) is 1. The first kappa shape index (κ1) is 15.3. The fraction of sp³-hybridized carbons (Fsp3) is 0.556. The zero-order valence-electron chi connectivity index (χ0n) is 13.3. The number of rotatable bonds is 4. The van der Waals surface area contributed by atoms with Crippen molar-refractivity contribution in [2.45, 2.75) is 32.2 Å². The van der Waals surface area contributed by atoms with Crippen molar-refractivity contribution in [2.24, 2.45) is 23.7 Å². The van der Waals surface area contributed by atoms with E-state index < -0.39 is 17.8 Å². The van der Waals surface area contributed by atoms with Crippen molar-refractivity contribution in [3.05, 3.63) is 23.8 Å². The van der Waals surface area contributed by atoms with Gasteiger partial charge in [-0.1, -0.05) is 6.07 Å². The molecule has 6 nitrogen and oxygen atoms in total. The van der Waals surface area contributed by atoms with E-state index in [0.717, 1.165) is 31.2 Å². The summed E-state index contributed by atoms with van der Waals surface area (Å²) in [5.74, 6) is -0.733. The van der Waals surface area contributed by atoms with Gasteiger partial charge in [0, 0.05) is 24.3 Å². The van der Waals surface area contributed by atoms with Crippen LogP contribution in [-0.4, -0.2) is 18.7 Å². The fourth-order valence-corrected chi connectivity index (χ4v) is 4.52. The maximum atomic E-state index is 12.7. The third-order valence-electron chi connectivity index (χ3n) is 5.70. The number of carbonyl (C=O) groups excluding carboxylic acids is 2. The Labute approximate surface area is 140 Å². The molecule has 0 saturated heterocycles. The number of carbonyl (C=O) groups is 2. The minimum absolute atomic E-state index is 0.0845. The van der Waals surface area contributed by atoms with Gasteiger partial charge in [0.25, 0.3) is 0 Å². The summed E-state index contributed by atoms with van der Waals surface area (Å²) in [4.78, 5) is 24.2. The van der Waals surface area contributed by atoms with E-state index in [1.54, 1.807) is 0 Å². The second-order valence-corrected chi connectivity index (χ2v) is 6.95. The van der Waals surface area contributed by atoms with Crippen LogP contribution in [0.3, 0.4) is 0 Å². The van der Waals surface area contributed by atoms with E-state index in [1.807, 2.05) is 18.2 Å². The second kappa shape index (κ2) is 6.00. The van der Waals surface area contributed by atoms with E-state index in [4.69, 9.17) is 9.47 Å². The maximum absolute atomic E-state index is 12.7. The van der Waals surface area contributed by atoms with E-state index in [0.29, 0.717) is 18.0 Å². The first-order chi connectivity index (χ1) is 11.6. The van der Waals surface area contributed by atoms with Gasteiger partial charge < -0.3 is 24.7 Å². The Morgan fingerprint density at radius 1 is 1.04 bits per heavy atom. The van der Waals surface area contributed by atoms with Gasteiger partial charge in [-0.15, -0.1) is 0 Å². The molecule has 128 valence electrons. The van der Waals surface area contributed by atoms with Gasteiger partial charge in [0.05, 0.1) is 0 Å². The Balaban J connectivity index is 1.44. The molecule has 24 heavy (non-hydrogen) atoms. The molecule has 1 heterocycles. The van der Waals surface area contributed by atoms with Crippen LogP contribution in [0.15, 0.2) is 18.2 Å². The average molecular weight is 330 g/mol. The molecule has 0 unspecified atom stereocenters. The molecule has 3 saturated carbocycles. The highest BCUT2D eigenvalue weighted by Gasteiger charge is 2.47. The van der Waals surface area contributed by atoms with Gasteiger partial charge in [0.2, 0.25) is 12.7 Å². The lowest BCUT2D eigenvalue weighted by atomic mass is 9.58. The van der Waals surface area contributed by atoms with Gasteiger partial charge >= 0.3 is 0 Å². The lowest BCUT2D eigenvalue weighted by molar-refractivity contribution is -0.318. The third-order valence-corrected chi connectivity index (χ3v) is 5.70. The molecule has 1 amide bonds. The lowest BCUT2D eigenvalue weighted by Gasteiger charge is -2.48. The number of carboxylic acids is 1. The molecule has 0 aromatic heterocycles. The van der Waals surface area contributed by atoms with Gasteiger partial charge in [-0.3, -0.25) is 4.79 Å². The first-order valence-corrected chi connectivity index (χ1v) is 8.50. The summed E-state index contributed by atoms with van der Waals surface area (Å²) < 4.78 is 10.6. The van der Waals surface area contributed by atoms with Crippen LogP contribution >= 0.6 is 0 Å². The standard InChI is InChI=1S/C18H21NO5/c20-17(15-11-2-4-12(5-3-11)16(15)18(21)22)19-8-10-1-6-13-14(7-10)24-9-23-13/h1,6-7,11-12,15-16H,2-5,8-9H2,(H,19,20)(H,21,22)/p-1/t11?,12?,15-,16+/m0/s1. The van der Waals surface area contributed by atoms with Gasteiger partial charge in [0.1, 0.15) is 0 Å². The molecule has 4 aliphatic rings. The molecule has 0 spiro atoms. The Hall–Kier alpha value is -2.24. The highest BCUT2D eigenvalue weighted by atomic mass is 16.7. The predicted molar refractivity (Wildman–Crippen MR) is 81.8 cm³/mol. The number of amides is 1. The van der Waals surface area contributed by atoms with E-state index in [1.165, 1.54) is 0 Å². The van der Waals surface area contributed by atoms with Crippen molar-refractivity contribution in [2.75, 3.05) is 6.79 Å². The molecule has 3 aliphatic carbocycles. The van der Waals surface area contributed by atoms with Crippen LogP contribution < -0.4 is 19.9 Å². The van der Waals surface area contributed by atoms with Crippen molar-refractivity contribution in [1.29, 1.82) is 0 Å². The zero-order chi connectivity index (χ0) is 16.7. The summed E-state index contributed by atoms with van der Waals surface area (Å²) in [5, 5.41) is 14.4. The highest BCUT2D eigenvalue weighted by molar-refractivity contribution is 5.85. The van der Waals surface area contributed by atoms with Crippen molar-refractivity contribution < 1.29 is 24.2 Å². The van der Waals surface area contributed by atoms with E-state index >= 15 is 0 Å². The molecule has 1 aromatic rings. The monoisotopic (exact) mass is 330 g/mol. The molecular weight excluding hydrogens is 310 g/mol. The van der Waals surface area contributed by atoms with Crippen LogP contribution in [0.5, 0.6) is 11.5 Å². The van der Waals surface area contributed by atoms with Crippen LogP contribution in [-0.2, 0) is 16.1 Å². The second-order valence-electron chi connectivity index (χ2n) is 6.95. The minimum Gasteiger partial charge on any atom is -0.550 e. The Morgan fingerprint density at radius 3 is 2.42 bits per heavy atom. The number of fused-ring (bicyclic) bond motifs is 4. The fourth-order valence-electron chi connectivity index (χ4n) is 4.52.